The summed E-state index contributed by atoms with van der Waals surface area (Å²) in [5, 5.41) is 2.90. The van der Waals surface area contributed by atoms with Crippen molar-refractivity contribution in [3.05, 3.63) is 83.7 Å². The summed E-state index contributed by atoms with van der Waals surface area (Å²) in [4.78, 5) is 30.4. The maximum absolute atomic E-state index is 12.8. The molecule has 2 amide bonds. The van der Waals surface area contributed by atoms with E-state index in [1.807, 2.05) is 30.3 Å². The summed E-state index contributed by atoms with van der Waals surface area (Å²) in [5.41, 5.74) is 2.93. The van der Waals surface area contributed by atoms with Crippen LogP contribution in [0.5, 0.6) is 11.5 Å². The van der Waals surface area contributed by atoms with E-state index in [0.29, 0.717) is 36.5 Å². The Morgan fingerprint density at radius 2 is 1.73 bits per heavy atom. The van der Waals surface area contributed by atoms with Crippen LogP contribution in [0.2, 0.25) is 0 Å². The third-order valence-corrected chi connectivity index (χ3v) is 4.91. The minimum absolute atomic E-state index is 0.234. The molecule has 0 fully saturated rings. The minimum Gasteiger partial charge on any atom is -0.457 e. The lowest BCUT2D eigenvalue weighted by Crippen LogP contribution is -2.36. The Kier molecular flexibility index (Phi) is 5.61. The lowest BCUT2D eigenvalue weighted by Gasteiger charge is -2.28. The third kappa shape index (κ3) is 4.25. The second-order valence-corrected chi connectivity index (χ2v) is 6.86. The molecule has 0 bridgehead atoms. The molecular formula is C23H21N3O4. The first-order chi connectivity index (χ1) is 14.6. The van der Waals surface area contributed by atoms with Crippen LogP contribution in [0.15, 0.2) is 67.0 Å². The lowest BCUT2D eigenvalue weighted by molar-refractivity contribution is 0.102. The van der Waals surface area contributed by atoms with Crippen molar-refractivity contribution in [1.29, 1.82) is 0 Å². The summed E-state index contributed by atoms with van der Waals surface area (Å²) in [7, 11) is 1.36. The Morgan fingerprint density at radius 1 is 1.00 bits per heavy atom. The molecule has 2 heterocycles. The smallest absolute Gasteiger partial charge is 0.409 e. The maximum atomic E-state index is 12.8. The highest BCUT2D eigenvalue weighted by atomic mass is 16.5. The van der Waals surface area contributed by atoms with Crippen LogP contribution in [-0.4, -0.2) is 35.5 Å². The standard InChI is InChI=1S/C23H21N3O4/c1-29-23(28)26-12-11-20-16(15-26)13-24-14-21(20)22(27)25-17-7-9-19(10-8-17)30-18-5-3-2-4-6-18/h2-10,13-14H,11-12,15H2,1H3,(H,25,27). The van der Waals surface area contributed by atoms with Crippen LogP contribution in [0.1, 0.15) is 21.5 Å². The summed E-state index contributed by atoms with van der Waals surface area (Å²) in [6.45, 7) is 0.872. The van der Waals surface area contributed by atoms with Gasteiger partial charge >= 0.3 is 6.09 Å². The molecule has 152 valence electrons. The number of methoxy groups -OCH3 is 1. The van der Waals surface area contributed by atoms with E-state index in [4.69, 9.17) is 9.47 Å². The molecule has 7 nitrogen and oxygen atoms in total. The number of amides is 2. The van der Waals surface area contributed by atoms with Crippen LogP contribution < -0.4 is 10.1 Å². The van der Waals surface area contributed by atoms with Gasteiger partial charge in [-0.05, 0) is 53.9 Å². The van der Waals surface area contributed by atoms with Gasteiger partial charge in [0.1, 0.15) is 11.5 Å². The Hall–Kier alpha value is -3.87. The number of nitrogens with one attached hydrogen (secondary N) is 1. The van der Waals surface area contributed by atoms with Crippen molar-refractivity contribution in [2.24, 2.45) is 0 Å². The van der Waals surface area contributed by atoms with Crippen LogP contribution in [0.25, 0.3) is 0 Å². The summed E-state index contributed by atoms with van der Waals surface area (Å²) >= 11 is 0. The largest absolute Gasteiger partial charge is 0.457 e. The van der Waals surface area contributed by atoms with Gasteiger partial charge in [0.15, 0.2) is 0 Å². The molecular weight excluding hydrogens is 382 g/mol. The van der Waals surface area contributed by atoms with Crippen molar-refractivity contribution in [3.63, 3.8) is 0 Å². The molecule has 0 radical (unpaired) electrons. The average Bonchev–Trinajstić information content (AvgIpc) is 2.79. The van der Waals surface area contributed by atoms with Gasteiger partial charge < -0.3 is 19.7 Å². The Bertz CT molecular complexity index is 1050. The van der Waals surface area contributed by atoms with Crippen molar-refractivity contribution in [1.82, 2.24) is 9.88 Å². The molecule has 1 aliphatic rings. The predicted molar refractivity (Wildman–Crippen MR) is 112 cm³/mol. The molecule has 2 aromatic carbocycles. The number of anilines is 1. The van der Waals surface area contributed by atoms with Crippen molar-refractivity contribution in [2.45, 2.75) is 13.0 Å². The zero-order valence-corrected chi connectivity index (χ0v) is 16.5. The highest BCUT2D eigenvalue weighted by Crippen LogP contribution is 2.25. The van der Waals surface area contributed by atoms with Gasteiger partial charge in [0.25, 0.3) is 5.91 Å². The minimum atomic E-state index is -0.381. The molecule has 30 heavy (non-hydrogen) atoms. The quantitative estimate of drug-likeness (QED) is 0.704. The van der Waals surface area contributed by atoms with E-state index in [2.05, 4.69) is 10.3 Å². The fourth-order valence-electron chi connectivity index (χ4n) is 3.40. The normalized spacial score (nSPS) is 12.6. The van der Waals surface area contributed by atoms with E-state index >= 15 is 0 Å². The first-order valence-corrected chi connectivity index (χ1v) is 9.57. The fourth-order valence-corrected chi connectivity index (χ4v) is 3.40. The molecule has 7 heteroatoms. The zero-order chi connectivity index (χ0) is 20.9. The molecule has 0 aliphatic carbocycles. The summed E-state index contributed by atoms with van der Waals surface area (Å²) < 4.78 is 10.6. The Morgan fingerprint density at radius 3 is 2.47 bits per heavy atom. The van der Waals surface area contributed by atoms with E-state index in [0.717, 1.165) is 16.9 Å². The second-order valence-electron chi connectivity index (χ2n) is 6.86. The van der Waals surface area contributed by atoms with Crippen LogP contribution in [-0.2, 0) is 17.7 Å². The number of hydrogen-bond donors (Lipinski definition) is 1. The number of ether oxygens (including phenoxy) is 2. The number of carbonyl (C=O) groups is 2. The molecule has 0 saturated carbocycles. The molecule has 3 aromatic rings. The third-order valence-electron chi connectivity index (χ3n) is 4.91. The number of carbonyl (C=O) groups excluding carboxylic acids is 2. The molecule has 0 atom stereocenters. The molecule has 0 unspecified atom stereocenters. The highest BCUT2D eigenvalue weighted by Gasteiger charge is 2.25. The van der Waals surface area contributed by atoms with Gasteiger partial charge in [-0.3, -0.25) is 9.78 Å². The molecule has 1 aliphatic heterocycles. The topological polar surface area (TPSA) is 80.8 Å². The summed E-state index contributed by atoms with van der Waals surface area (Å²) in [6.07, 6.45) is 3.44. The van der Waals surface area contributed by atoms with Gasteiger partial charge in [0.05, 0.1) is 19.2 Å². The maximum Gasteiger partial charge on any atom is 0.409 e. The van der Waals surface area contributed by atoms with E-state index in [1.165, 1.54) is 7.11 Å². The Balaban J connectivity index is 1.45. The zero-order valence-electron chi connectivity index (χ0n) is 16.5. The first-order valence-electron chi connectivity index (χ1n) is 9.57. The Labute approximate surface area is 174 Å². The van der Waals surface area contributed by atoms with Gasteiger partial charge in [0.2, 0.25) is 0 Å². The SMILES string of the molecule is COC(=O)N1CCc2c(cncc2C(=O)Nc2ccc(Oc3ccccc3)cc2)C1. The van der Waals surface area contributed by atoms with E-state index in [9.17, 15) is 9.59 Å². The summed E-state index contributed by atoms with van der Waals surface area (Å²) in [6, 6.07) is 16.7. The average molecular weight is 403 g/mol. The number of aromatic nitrogens is 1. The number of hydrogen-bond acceptors (Lipinski definition) is 5. The monoisotopic (exact) mass is 403 g/mol. The molecule has 0 spiro atoms. The van der Waals surface area contributed by atoms with Gasteiger partial charge in [-0.1, -0.05) is 18.2 Å². The molecule has 0 saturated heterocycles. The first kappa shape index (κ1) is 19.4. The fraction of sp³-hybridized carbons (Fsp3) is 0.174. The van der Waals surface area contributed by atoms with E-state index < -0.39 is 0 Å². The van der Waals surface area contributed by atoms with Crippen molar-refractivity contribution in [2.75, 3.05) is 19.0 Å². The highest BCUT2D eigenvalue weighted by molar-refractivity contribution is 6.05. The van der Waals surface area contributed by atoms with Gasteiger partial charge in [0, 0.05) is 24.6 Å². The van der Waals surface area contributed by atoms with Crippen molar-refractivity contribution < 1.29 is 19.1 Å². The molecule has 1 N–H and O–H groups in total. The van der Waals surface area contributed by atoms with E-state index in [1.54, 1.807) is 41.6 Å². The molecule has 1 aromatic heterocycles. The van der Waals surface area contributed by atoms with Gasteiger partial charge in [-0.25, -0.2) is 4.79 Å². The van der Waals surface area contributed by atoms with Crippen LogP contribution in [0.3, 0.4) is 0 Å². The number of nitrogens with zero attached hydrogens (tertiary/aromatic N) is 2. The predicted octanol–water partition coefficient (Wildman–Crippen LogP) is 4.25. The number of fused-ring (bicyclic) bond motifs is 1. The number of rotatable bonds is 4. The summed E-state index contributed by atoms with van der Waals surface area (Å²) in [5.74, 6) is 1.20. The van der Waals surface area contributed by atoms with Crippen LogP contribution >= 0.6 is 0 Å². The van der Waals surface area contributed by atoms with Gasteiger partial charge in [-0.2, -0.15) is 0 Å². The number of para-hydroxylation sites is 1. The van der Waals surface area contributed by atoms with Crippen molar-refractivity contribution in [3.8, 4) is 11.5 Å². The van der Waals surface area contributed by atoms with Crippen LogP contribution in [0.4, 0.5) is 10.5 Å². The lowest BCUT2D eigenvalue weighted by atomic mass is 9.97. The van der Waals surface area contributed by atoms with E-state index in [-0.39, 0.29) is 12.0 Å². The van der Waals surface area contributed by atoms with Crippen molar-refractivity contribution >= 4 is 17.7 Å². The number of pyridine rings is 1. The molecule has 4 rings (SSSR count). The van der Waals surface area contributed by atoms with Gasteiger partial charge in [-0.15, -0.1) is 0 Å². The number of benzene rings is 2. The second kappa shape index (κ2) is 8.65. The van der Waals surface area contributed by atoms with Crippen LogP contribution in [0, 0.1) is 0 Å².